The van der Waals surface area contributed by atoms with Gasteiger partial charge in [-0.25, -0.2) is 4.98 Å². The maximum atomic E-state index is 12.6. The fraction of sp³-hybridized carbons (Fsp3) is 0.222. The van der Waals surface area contributed by atoms with Crippen molar-refractivity contribution in [2.75, 3.05) is 17.3 Å². The summed E-state index contributed by atoms with van der Waals surface area (Å²) in [7, 11) is 0. The molecule has 3 N–H and O–H groups in total. The van der Waals surface area contributed by atoms with E-state index >= 15 is 0 Å². The van der Waals surface area contributed by atoms with Gasteiger partial charge in [-0.05, 0) is 61.4 Å². The van der Waals surface area contributed by atoms with Crippen molar-refractivity contribution >= 4 is 50.7 Å². The smallest absolute Gasteiger partial charge is 0.259 e. The summed E-state index contributed by atoms with van der Waals surface area (Å²) in [4.78, 5) is 20.6. The minimum Gasteiger partial charge on any atom is -0.383 e. The van der Waals surface area contributed by atoms with Crippen LogP contribution in [0.5, 0.6) is 0 Å². The number of benzene rings is 1. The highest BCUT2D eigenvalue weighted by atomic mass is 32.2. The van der Waals surface area contributed by atoms with Gasteiger partial charge in [0.05, 0.1) is 5.56 Å². The number of thioether (sulfide) groups is 1. The van der Waals surface area contributed by atoms with Gasteiger partial charge in [-0.2, -0.15) is 0 Å². The van der Waals surface area contributed by atoms with Gasteiger partial charge in [-0.15, -0.1) is 23.1 Å². The number of hydrogen-bond acceptors (Lipinski definition) is 5. The van der Waals surface area contributed by atoms with Crippen molar-refractivity contribution in [3.63, 3.8) is 0 Å². The van der Waals surface area contributed by atoms with Crippen molar-refractivity contribution in [3.8, 4) is 0 Å². The molecule has 0 unspecified atom stereocenters. The Hall–Kier alpha value is -2.05. The zero-order chi connectivity index (χ0) is 16.7. The lowest BCUT2D eigenvalue weighted by molar-refractivity contribution is 0.102. The molecule has 0 atom stereocenters. The van der Waals surface area contributed by atoms with Gasteiger partial charge < -0.3 is 11.1 Å². The summed E-state index contributed by atoms with van der Waals surface area (Å²) >= 11 is 3.37. The van der Waals surface area contributed by atoms with Gasteiger partial charge in [0, 0.05) is 20.8 Å². The topological polar surface area (TPSA) is 68.0 Å². The van der Waals surface area contributed by atoms with E-state index in [0.29, 0.717) is 11.4 Å². The van der Waals surface area contributed by atoms with Crippen LogP contribution in [0.15, 0.2) is 35.2 Å². The third-order valence-electron chi connectivity index (χ3n) is 4.32. The van der Waals surface area contributed by atoms with Crippen molar-refractivity contribution in [3.05, 3.63) is 46.3 Å². The first kappa shape index (κ1) is 15.5. The Morgan fingerprint density at radius 2 is 2.08 bits per heavy atom. The van der Waals surface area contributed by atoms with Crippen molar-refractivity contribution in [2.24, 2.45) is 0 Å². The molecule has 2 heterocycles. The molecule has 6 heteroatoms. The summed E-state index contributed by atoms with van der Waals surface area (Å²) in [5.74, 6) is 0.0809. The van der Waals surface area contributed by atoms with Crippen LogP contribution in [0.1, 0.15) is 27.2 Å². The number of fused-ring (bicyclic) bond motifs is 3. The summed E-state index contributed by atoms with van der Waals surface area (Å²) in [5, 5.41) is 4.00. The first-order valence-electron chi connectivity index (χ1n) is 7.82. The molecule has 2 aromatic heterocycles. The van der Waals surface area contributed by atoms with Gasteiger partial charge in [0.1, 0.15) is 10.6 Å². The molecule has 0 fully saturated rings. The molecule has 4 rings (SSSR count). The van der Waals surface area contributed by atoms with Crippen LogP contribution in [0.25, 0.3) is 10.2 Å². The second-order valence-corrected chi connectivity index (χ2v) is 7.78. The fourth-order valence-electron chi connectivity index (χ4n) is 3.09. The Kier molecular flexibility index (Phi) is 3.94. The molecule has 4 nitrogen and oxygen atoms in total. The van der Waals surface area contributed by atoms with Crippen LogP contribution in [-0.2, 0) is 12.8 Å². The Balaban J connectivity index is 1.66. The number of nitrogen functional groups attached to an aromatic ring is 1. The number of carbonyl (C=O) groups is 1. The molecule has 0 saturated heterocycles. The Morgan fingerprint density at radius 3 is 2.83 bits per heavy atom. The number of aromatic nitrogens is 1. The lowest BCUT2D eigenvalue weighted by Gasteiger charge is -2.08. The maximum absolute atomic E-state index is 12.6. The number of nitrogens with one attached hydrogen (secondary N) is 1. The first-order valence-corrected chi connectivity index (χ1v) is 9.86. The normalized spacial score (nSPS) is 13.2. The van der Waals surface area contributed by atoms with Crippen molar-refractivity contribution < 1.29 is 4.79 Å². The van der Waals surface area contributed by atoms with Crippen molar-refractivity contribution in [1.29, 1.82) is 0 Å². The minimum atomic E-state index is -0.211. The molecule has 122 valence electrons. The van der Waals surface area contributed by atoms with Gasteiger partial charge in [0.25, 0.3) is 5.91 Å². The highest BCUT2D eigenvalue weighted by molar-refractivity contribution is 7.98. The number of thiophene rings is 1. The van der Waals surface area contributed by atoms with E-state index in [0.717, 1.165) is 33.6 Å². The molecule has 0 radical (unpaired) electrons. The van der Waals surface area contributed by atoms with Crippen LogP contribution in [0.2, 0.25) is 0 Å². The number of rotatable bonds is 3. The van der Waals surface area contributed by atoms with Crippen LogP contribution in [-0.4, -0.2) is 17.1 Å². The van der Waals surface area contributed by atoms with E-state index in [2.05, 4.69) is 10.3 Å². The molecule has 0 aliphatic heterocycles. The largest absolute Gasteiger partial charge is 0.383 e. The lowest BCUT2D eigenvalue weighted by Crippen LogP contribution is -2.14. The average Bonchev–Trinajstić information content (AvgIpc) is 3.15. The van der Waals surface area contributed by atoms with Crippen LogP contribution in [0.3, 0.4) is 0 Å². The zero-order valence-electron chi connectivity index (χ0n) is 13.3. The van der Waals surface area contributed by atoms with E-state index in [4.69, 9.17) is 5.73 Å². The zero-order valence-corrected chi connectivity index (χ0v) is 14.9. The lowest BCUT2D eigenvalue weighted by atomic mass is 10.1. The number of hydrogen-bond donors (Lipinski definition) is 2. The number of anilines is 2. The van der Waals surface area contributed by atoms with E-state index in [1.807, 2.05) is 36.6 Å². The molecule has 24 heavy (non-hydrogen) atoms. The van der Waals surface area contributed by atoms with Gasteiger partial charge in [-0.3, -0.25) is 4.79 Å². The quantitative estimate of drug-likeness (QED) is 0.686. The molecule has 3 aromatic rings. The number of amides is 1. The van der Waals surface area contributed by atoms with Crippen LogP contribution >= 0.6 is 23.1 Å². The Morgan fingerprint density at radius 1 is 1.29 bits per heavy atom. The number of nitrogens with two attached hydrogens (primary N) is 1. The Labute approximate surface area is 148 Å². The summed E-state index contributed by atoms with van der Waals surface area (Å²) < 4.78 is 0. The third kappa shape index (κ3) is 2.65. The highest BCUT2D eigenvalue weighted by Gasteiger charge is 2.21. The molecular weight excluding hydrogens is 338 g/mol. The van der Waals surface area contributed by atoms with Gasteiger partial charge in [0.15, 0.2) is 0 Å². The summed E-state index contributed by atoms with van der Waals surface area (Å²) in [6.07, 6.45) is 5.39. The van der Waals surface area contributed by atoms with Crippen LogP contribution < -0.4 is 11.1 Å². The monoisotopic (exact) mass is 355 g/mol. The van der Waals surface area contributed by atoms with E-state index in [1.165, 1.54) is 16.9 Å². The molecule has 1 aliphatic rings. The fourth-order valence-corrected chi connectivity index (χ4v) is 4.75. The third-order valence-corrected chi connectivity index (χ3v) is 6.27. The second-order valence-electron chi connectivity index (χ2n) is 5.81. The summed E-state index contributed by atoms with van der Waals surface area (Å²) in [6, 6.07) is 9.67. The number of nitrogens with zero attached hydrogens (tertiary/aromatic N) is 1. The number of aryl methyl sites for hydroxylation is 2. The van der Waals surface area contributed by atoms with E-state index in [1.54, 1.807) is 23.1 Å². The molecular formula is C18H17N3OS2. The van der Waals surface area contributed by atoms with E-state index < -0.39 is 0 Å². The molecule has 1 amide bonds. The molecule has 1 aromatic carbocycles. The van der Waals surface area contributed by atoms with Gasteiger partial charge >= 0.3 is 0 Å². The van der Waals surface area contributed by atoms with Crippen LogP contribution in [0.4, 0.5) is 11.5 Å². The summed E-state index contributed by atoms with van der Waals surface area (Å²) in [5.41, 5.74) is 8.59. The van der Waals surface area contributed by atoms with Crippen molar-refractivity contribution in [2.45, 2.75) is 24.2 Å². The first-order chi connectivity index (χ1) is 11.7. The molecule has 0 saturated carbocycles. The number of pyridine rings is 1. The van der Waals surface area contributed by atoms with E-state index in [-0.39, 0.29) is 5.91 Å². The highest BCUT2D eigenvalue weighted by Crippen LogP contribution is 2.37. The van der Waals surface area contributed by atoms with E-state index in [9.17, 15) is 4.79 Å². The predicted molar refractivity (Wildman–Crippen MR) is 102 cm³/mol. The number of carbonyl (C=O) groups excluding carboxylic acids is 1. The van der Waals surface area contributed by atoms with Gasteiger partial charge in [-0.1, -0.05) is 0 Å². The SMILES string of the molecule is CSc1ccc(NC(=O)c2cc3c4c(sc3nc2N)CCC4)cc1. The molecule has 0 bridgehead atoms. The minimum absolute atomic E-state index is 0.211. The standard InChI is InChI=1S/C18H17N3OS2/c1-23-11-7-5-10(6-8-11)20-17(22)14-9-13-12-3-2-4-15(12)24-18(13)21-16(14)19/h5-9H,2-4H2,1H3,(H2,19,21)(H,20,22). The Bertz CT molecular complexity index is 932. The van der Waals surface area contributed by atoms with Gasteiger partial charge in [0.2, 0.25) is 0 Å². The molecule has 1 aliphatic carbocycles. The average molecular weight is 355 g/mol. The maximum Gasteiger partial charge on any atom is 0.259 e. The molecule has 0 spiro atoms. The van der Waals surface area contributed by atoms with Crippen LogP contribution in [0, 0.1) is 0 Å². The summed E-state index contributed by atoms with van der Waals surface area (Å²) in [6.45, 7) is 0. The second kappa shape index (κ2) is 6.11. The predicted octanol–water partition coefficient (Wildman–Crippen LogP) is 4.34. The van der Waals surface area contributed by atoms with Crippen molar-refractivity contribution in [1.82, 2.24) is 4.98 Å².